The van der Waals surface area contributed by atoms with Gasteiger partial charge in [-0.15, -0.1) is 0 Å². The van der Waals surface area contributed by atoms with Crippen molar-refractivity contribution in [1.82, 2.24) is 4.90 Å². The lowest BCUT2D eigenvalue weighted by Crippen LogP contribution is -2.27. The van der Waals surface area contributed by atoms with Crippen molar-refractivity contribution in [2.75, 3.05) is 6.54 Å². The maximum atomic E-state index is 7.41. The molecule has 0 amide bonds. The maximum absolute atomic E-state index is 7.41. The van der Waals surface area contributed by atoms with Gasteiger partial charge >= 0.3 is 0 Å². The van der Waals surface area contributed by atoms with Crippen molar-refractivity contribution in [2.24, 2.45) is 11.7 Å². The Kier molecular flexibility index (Phi) is 4.59. The van der Waals surface area contributed by atoms with E-state index in [9.17, 15) is 0 Å². The fourth-order valence-electron chi connectivity index (χ4n) is 2.28. The first-order chi connectivity index (χ1) is 9.06. The van der Waals surface area contributed by atoms with Crippen LogP contribution >= 0.6 is 0 Å². The number of nitrogens with one attached hydrogen (secondary N) is 1. The van der Waals surface area contributed by atoms with E-state index < -0.39 is 0 Å². The summed E-state index contributed by atoms with van der Waals surface area (Å²) in [6, 6.07) is 8.89. The summed E-state index contributed by atoms with van der Waals surface area (Å²) in [4.78, 5) is 2.60. The lowest BCUT2D eigenvalue weighted by molar-refractivity contribution is 0.239. The average Bonchev–Trinajstić information content (AvgIpc) is 3.19. The summed E-state index contributed by atoms with van der Waals surface area (Å²) in [6.07, 6.45) is 3.97. The Hall–Kier alpha value is -1.35. The van der Waals surface area contributed by atoms with E-state index in [0.717, 1.165) is 24.1 Å². The van der Waals surface area contributed by atoms with Gasteiger partial charge in [0.1, 0.15) is 5.84 Å². The van der Waals surface area contributed by atoms with Gasteiger partial charge < -0.3 is 5.73 Å². The minimum Gasteiger partial charge on any atom is -0.384 e. The molecule has 0 atom stereocenters. The van der Waals surface area contributed by atoms with Crippen molar-refractivity contribution < 1.29 is 0 Å². The van der Waals surface area contributed by atoms with Crippen LogP contribution in [-0.2, 0) is 6.54 Å². The van der Waals surface area contributed by atoms with Gasteiger partial charge in [-0.25, -0.2) is 0 Å². The first-order valence-electron chi connectivity index (χ1n) is 7.23. The molecule has 0 unspecified atom stereocenters. The number of hydrogen-bond acceptors (Lipinski definition) is 2. The Balaban J connectivity index is 1.94. The number of nitrogen functional groups attached to an aromatic ring is 1. The van der Waals surface area contributed by atoms with Gasteiger partial charge in [-0.1, -0.05) is 38.1 Å². The summed E-state index contributed by atoms with van der Waals surface area (Å²) >= 11 is 0. The molecule has 1 fully saturated rings. The predicted molar refractivity (Wildman–Crippen MR) is 80.3 cm³/mol. The summed E-state index contributed by atoms with van der Waals surface area (Å²) in [5.74, 6) is 0.909. The standard InChI is InChI=1S/C16H25N3/c1-12(2)9-10-19(15-7-8-15)11-13-3-5-14(6-4-13)16(17)18/h3-6,12,15H,7-11H2,1-2H3,(H3,17,18). The zero-order valence-electron chi connectivity index (χ0n) is 12.0. The first kappa shape index (κ1) is 14.1. The molecule has 2 rings (SSSR count). The third-order valence-corrected chi connectivity index (χ3v) is 3.71. The van der Waals surface area contributed by atoms with Crippen LogP contribution in [0.4, 0.5) is 0 Å². The third kappa shape index (κ3) is 4.35. The van der Waals surface area contributed by atoms with Crippen LogP contribution in [0.5, 0.6) is 0 Å². The van der Waals surface area contributed by atoms with Crippen molar-refractivity contribution in [1.29, 1.82) is 5.41 Å². The molecule has 0 heterocycles. The average molecular weight is 259 g/mol. The molecular weight excluding hydrogens is 234 g/mol. The third-order valence-electron chi connectivity index (χ3n) is 3.71. The highest BCUT2D eigenvalue weighted by atomic mass is 15.2. The maximum Gasteiger partial charge on any atom is 0.122 e. The summed E-state index contributed by atoms with van der Waals surface area (Å²) < 4.78 is 0. The molecular formula is C16H25N3. The zero-order valence-corrected chi connectivity index (χ0v) is 12.0. The van der Waals surface area contributed by atoms with Crippen LogP contribution in [0, 0.1) is 11.3 Å². The van der Waals surface area contributed by atoms with Crippen molar-refractivity contribution in [3.05, 3.63) is 35.4 Å². The largest absolute Gasteiger partial charge is 0.384 e. The van der Waals surface area contributed by atoms with Crippen molar-refractivity contribution in [2.45, 2.75) is 45.7 Å². The number of nitrogens with two attached hydrogens (primary N) is 1. The summed E-state index contributed by atoms with van der Waals surface area (Å²) in [5.41, 5.74) is 7.61. The van der Waals surface area contributed by atoms with E-state index in [1.54, 1.807) is 0 Å². The van der Waals surface area contributed by atoms with E-state index in [4.69, 9.17) is 11.1 Å². The first-order valence-corrected chi connectivity index (χ1v) is 7.23. The highest BCUT2D eigenvalue weighted by Crippen LogP contribution is 2.28. The molecule has 0 bridgehead atoms. The highest BCUT2D eigenvalue weighted by molar-refractivity contribution is 5.94. The van der Waals surface area contributed by atoms with Crippen LogP contribution in [0.25, 0.3) is 0 Å². The topological polar surface area (TPSA) is 53.1 Å². The van der Waals surface area contributed by atoms with E-state index >= 15 is 0 Å². The van der Waals surface area contributed by atoms with E-state index in [1.807, 2.05) is 12.1 Å². The van der Waals surface area contributed by atoms with Crippen molar-refractivity contribution >= 4 is 5.84 Å². The number of amidine groups is 1. The smallest absolute Gasteiger partial charge is 0.122 e. The summed E-state index contributed by atoms with van der Waals surface area (Å²) in [5, 5.41) is 7.41. The van der Waals surface area contributed by atoms with Gasteiger partial charge in [-0.3, -0.25) is 10.3 Å². The molecule has 0 spiro atoms. The Morgan fingerprint density at radius 3 is 2.42 bits per heavy atom. The van der Waals surface area contributed by atoms with Crippen molar-refractivity contribution in [3.8, 4) is 0 Å². The zero-order chi connectivity index (χ0) is 13.8. The highest BCUT2D eigenvalue weighted by Gasteiger charge is 2.28. The second-order valence-electron chi connectivity index (χ2n) is 5.99. The van der Waals surface area contributed by atoms with Crippen LogP contribution < -0.4 is 5.73 Å². The molecule has 104 valence electrons. The molecule has 3 N–H and O–H groups in total. The van der Waals surface area contributed by atoms with Crippen LogP contribution in [0.15, 0.2) is 24.3 Å². The normalized spacial score (nSPS) is 15.2. The minimum absolute atomic E-state index is 0.144. The SMILES string of the molecule is CC(C)CCN(Cc1ccc(C(=N)N)cc1)C1CC1. The predicted octanol–water partition coefficient (Wildman–Crippen LogP) is 2.98. The second-order valence-corrected chi connectivity index (χ2v) is 5.99. The number of rotatable bonds is 7. The van der Waals surface area contributed by atoms with Gasteiger partial charge in [0, 0.05) is 18.2 Å². The molecule has 1 saturated carbocycles. The molecule has 0 aliphatic heterocycles. The van der Waals surface area contributed by atoms with Gasteiger partial charge in [0.15, 0.2) is 0 Å². The fraction of sp³-hybridized carbons (Fsp3) is 0.562. The molecule has 1 aliphatic rings. The molecule has 0 aromatic heterocycles. The molecule has 1 aromatic rings. The molecule has 3 nitrogen and oxygen atoms in total. The molecule has 0 saturated heterocycles. The lowest BCUT2D eigenvalue weighted by Gasteiger charge is -2.23. The van der Waals surface area contributed by atoms with Crippen LogP contribution in [0.1, 0.15) is 44.2 Å². The Morgan fingerprint density at radius 2 is 1.95 bits per heavy atom. The minimum atomic E-state index is 0.144. The second kappa shape index (κ2) is 6.20. The monoisotopic (exact) mass is 259 g/mol. The van der Waals surface area contributed by atoms with E-state index in [1.165, 1.54) is 31.4 Å². The van der Waals surface area contributed by atoms with E-state index in [-0.39, 0.29) is 5.84 Å². The fourth-order valence-corrected chi connectivity index (χ4v) is 2.28. The molecule has 1 aromatic carbocycles. The Morgan fingerprint density at radius 1 is 1.32 bits per heavy atom. The van der Waals surface area contributed by atoms with Gasteiger partial charge in [-0.05, 0) is 37.3 Å². The van der Waals surface area contributed by atoms with Crippen LogP contribution in [0.3, 0.4) is 0 Å². The molecule has 1 aliphatic carbocycles. The Bertz CT molecular complexity index is 418. The van der Waals surface area contributed by atoms with E-state index in [0.29, 0.717) is 0 Å². The lowest BCUT2D eigenvalue weighted by atomic mass is 10.1. The van der Waals surface area contributed by atoms with E-state index in [2.05, 4.69) is 30.9 Å². The van der Waals surface area contributed by atoms with Crippen LogP contribution in [0.2, 0.25) is 0 Å². The molecule has 0 radical (unpaired) electrons. The molecule has 19 heavy (non-hydrogen) atoms. The van der Waals surface area contributed by atoms with Gasteiger partial charge in [-0.2, -0.15) is 0 Å². The summed E-state index contributed by atoms with van der Waals surface area (Å²) in [6.45, 7) is 6.78. The summed E-state index contributed by atoms with van der Waals surface area (Å²) in [7, 11) is 0. The number of hydrogen-bond donors (Lipinski definition) is 2. The van der Waals surface area contributed by atoms with Gasteiger partial charge in [0.05, 0.1) is 0 Å². The number of benzene rings is 1. The van der Waals surface area contributed by atoms with Gasteiger partial charge in [0.2, 0.25) is 0 Å². The van der Waals surface area contributed by atoms with Crippen molar-refractivity contribution in [3.63, 3.8) is 0 Å². The van der Waals surface area contributed by atoms with Crippen LogP contribution in [-0.4, -0.2) is 23.3 Å². The Labute approximate surface area is 116 Å². The number of nitrogens with zero attached hydrogens (tertiary/aromatic N) is 1. The quantitative estimate of drug-likeness (QED) is 0.584. The van der Waals surface area contributed by atoms with Gasteiger partial charge in [0.25, 0.3) is 0 Å². The molecule has 3 heteroatoms.